The summed E-state index contributed by atoms with van der Waals surface area (Å²) < 4.78 is 0. The maximum Gasteiger partial charge on any atom is 0.271 e. The highest BCUT2D eigenvalue weighted by Gasteiger charge is 2.25. The summed E-state index contributed by atoms with van der Waals surface area (Å²) in [5.74, 6) is 0.437. The standard InChI is InChI=1S/C13H18ClN3O/c1-2-9-5-3-4-6-10(9)17-13(18)11-7-16-12(14)8-15-11/h7-10H,2-6H2,1H3,(H,17,18). The highest BCUT2D eigenvalue weighted by Crippen LogP contribution is 2.26. The number of aromatic nitrogens is 2. The van der Waals surface area contributed by atoms with Crippen molar-refractivity contribution >= 4 is 17.5 Å². The van der Waals surface area contributed by atoms with Crippen LogP contribution in [0.15, 0.2) is 12.4 Å². The lowest BCUT2D eigenvalue weighted by Crippen LogP contribution is -2.42. The van der Waals surface area contributed by atoms with Gasteiger partial charge in [-0.2, -0.15) is 0 Å². The molecule has 1 heterocycles. The summed E-state index contributed by atoms with van der Waals surface area (Å²) in [4.78, 5) is 19.9. The summed E-state index contributed by atoms with van der Waals surface area (Å²) in [7, 11) is 0. The van der Waals surface area contributed by atoms with Crippen LogP contribution in [0.5, 0.6) is 0 Å². The summed E-state index contributed by atoms with van der Waals surface area (Å²) >= 11 is 5.65. The van der Waals surface area contributed by atoms with Gasteiger partial charge in [0.25, 0.3) is 5.91 Å². The van der Waals surface area contributed by atoms with Gasteiger partial charge >= 0.3 is 0 Å². The van der Waals surface area contributed by atoms with Crippen LogP contribution >= 0.6 is 11.6 Å². The molecule has 1 fully saturated rings. The fourth-order valence-electron chi connectivity index (χ4n) is 2.56. The Morgan fingerprint density at radius 3 is 2.83 bits per heavy atom. The average molecular weight is 268 g/mol. The van der Waals surface area contributed by atoms with Gasteiger partial charge in [-0.3, -0.25) is 4.79 Å². The fraction of sp³-hybridized carbons (Fsp3) is 0.615. The van der Waals surface area contributed by atoms with Gasteiger partial charge in [-0.05, 0) is 18.8 Å². The van der Waals surface area contributed by atoms with Gasteiger partial charge in [0, 0.05) is 6.04 Å². The Morgan fingerprint density at radius 2 is 2.17 bits per heavy atom. The van der Waals surface area contributed by atoms with Crippen LogP contribution in [0.2, 0.25) is 5.15 Å². The third kappa shape index (κ3) is 3.19. The van der Waals surface area contributed by atoms with Gasteiger partial charge in [-0.15, -0.1) is 0 Å². The van der Waals surface area contributed by atoms with E-state index < -0.39 is 0 Å². The maximum absolute atomic E-state index is 12.0. The number of carbonyl (C=O) groups excluding carboxylic acids is 1. The van der Waals surface area contributed by atoms with Crippen molar-refractivity contribution < 1.29 is 4.79 Å². The molecule has 1 aromatic heterocycles. The Hall–Kier alpha value is -1.16. The van der Waals surface area contributed by atoms with Crippen molar-refractivity contribution in [3.05, 3.63) is 23.2 Å². The monoisotopic (exact) mass is 267 g/mol. The first kappa shape index (κ1) is 13.3. The van der Waals surface area contributed by atoms with Crippen molar-refractivity contribution in [3.63, 3.8) is 0 Å². The number of nitrogens with one attached hydrogen (secondary N) is 1. The smallest absolute Gasteiger partial charge is 0.271 e. The van der Waals surface area contributed by atoms with Gasteiger partial charge in [-0.1, -0.05) is 37.8 Å². The molecule has 4 nitrogen and oxygen atoms in total. The van der Waals surface area contributed by atoms with Crippen LogP contribution in [-0.2, 0) is 0 Å². The third-order valence-electron chi connectivity index (χ3n) is 3.60. The van der Waals surface area contributed by atoms with Gasteiger partial charge in [0.2, 0.25) is 0 Å². The van der Waals surface area contributed by atoms with Crippen LogP contribution in [0.4, 0.5) is 0 Å². The molecule has 2 unspecified atom stereocenters. The number of rotatable bonds is 3. The van der Waals surface area contributed by atoms with E-state index in [1.54, 1.807) is 0 Å². The first-order valence-electron chi connectivity index (χ1n) is 6.49. The Labute approximate surface area is 112 Å². The molecule has 0 aliphatic heterocycles. The van der Waals surface area contributed by atoms with Crippen LogP contribution in [-0.4, -0.2) is 21.9 Å². The van der Waals surface area contributed by atoms with E-state index in [0.717, 1.165) is 12.8 Å². The van der Waals surface area contributed by atoms with Crippen molar-refractivity contribution in [2.75, 3.05) is 0 Å². The SMILES string of the molecule is CCC1CCCCC1NC(=O)c1cnc(Cl)cn1. The molecule has 2 atom stereocenters. The van der Waals surface area contributed by atoms with Crippen molar-refractivity contribution in [2.45, 2.75) is 45.1 Å². The Balaban J connectivity index is 1.99. The summed E-state index contributed by atoms with van der Waals surface area (Å²) in [5.41, 5.74) is 0.333. The molecule has 1 amide bonds. The lowest BCUT2D eigenvalue weighted by molar-refractivity contribution is 0.0899. The van der Waals surface area contributed by atoms with E-state index in [1.807, 2.05) is 0 Å². The van der Waals surface area contributed by atoms with Crippen molar-refractivity contribution in [1.29, 1.82) is 0 Å². The van der Waals surface area contributed by atoms with Gasteiger partial charge in [0.15, 0.2) is 0 Å². The maximum atomic E-state index is 12.0. The normalized spacial score (nSPS) is 23.7. The van der Waals surface area contributed by atoms with Crippen molar-refractivity contribution in [3.8, 4) is 0 Å². The van der Waals surface area contributed by atoms with E-state index in [9.17, 15) is 4.79 Å². The second-order valence-corrected chi connectivity index (χ2v) is 5.14. The molecule has 2 rings (SSSR count). The van der Waals surface area contributed by atoms with Crippen LogP contribution in [0.3, 0.4) is 0 Å². The first-order valence-corrected chi connectivity index (χ1v) is 6.87. The summed E-state index contributed by atoms with van der Waals surface area (Å²) in [6.45, 7) is 2.18. The van der Waals surface area contributed by atoms with Crippen LogP contribution in [0.1, 0.15) is 49.5 Å². The lowest BCUT2D eigenvalue weighted by Gasteiger charge is -2.31. The number of nitrogens with zero attached hydrogens (tertiary/aromatic N) is 2. The molecule has 1 aliphatic rings. The molecule has 0 bridgehead atoms. The van der Waals surface area contributed by atoms with E-state index in [4.69, 9.17) is 11.6 Å². The fourth-order valence-corrected chi connectivity index (χ4v) is 2.66. The van der Waals surface area contributed by atoms with Gasteiger partial charge in [-0.25, -0.2) is 9.97 Å². The van der Waals surface area contributed by atoms with Crippen molar-refractivity contribution in [2.24, 2.45) is 5.92 Å². The van der Waals surface area contributed by atoms with Crippen molar-refractivity contribution in [1.82, 2.24) is 15.3 Å². The number of hydrogen-bond donors (Lipinski definition) is 1. The van der Waals surface area contributed by atoms with E-state index >= 15 is 0 Å². The zero-order valence-electron chi connectivity index (χ0n) is 10.5. The quantitative estimate of drug-likeness (QED) is 0.916. The van der Waals surface area contributed by atoms with Crippen LogP contribution in [0.25, 0.3) is 0 Å². The van der Waals surface area contributed by atoms with E-state index in [0.29, 0.717) is 16.8 Å². The minimum Gasteiger partial charge on any atom is -0.348 e. The number of amides is 1. The second kappa shape index (κ2) is 6.14. The second-order valence-electron chi connectivity index (χ2n) is 4.76. The summed E-state index contributed by atoms with van der Waals surface area (Å²) in [6.07, 6.45) is 8.64. The molecule has 0 radical (unpaired) electrons. The minimum atomic E-state index is -0.149. The largest absolute Gasteiger partial charge is 0.348 e. The number of hydrogen-bond acceptors (Lipinski definition) is 3. The Kier molecular flexibility index (Phi) is 4.53. The summed E-state index contributed by atoms with van der Waals surface area (Å²) in [6, 6.07) is 0.272. The highest BCUT2D eigenvalue weighted by atomic mass is 35.5. The highest BCUT2D eigenvalue weighted by molar-refractivity contribution is 6.29. The molecule has 18 heavy (non-hydrogen) atoms. The molecule has 1 saturated carbocycles. The summed E-state index contributed by atoms with van der Waals surface area (Å²) in [5, 5.41) is 3.37. The van der Waals surface area contributed by atoms with E-state index in [2.05, 4.69) is 22.2 Å². The van der Waals surface area contributed by atoms with E-state index in [1.165, 1.54) is 31.7 Å². The Bertz CT molecular complexity index is 407. The molecule has 0 saturated heterocycles. The van der Waals surface area contributed by atoms with Gasteiger partial charge in [0.05, 0.1) is 12.4 Å². The average Bonchev–Trinajstić information content (AvgIpc) is 2.40. The molecular formula is C13H18ClN3O. The molecule has 1 aromatic rings. The van der Waals surface area contributed by atoms with E-state index in [-0.39, 0.29) is 11.9 Å². The lowest BCUT2D eigenvalue weighted by atomic mass is 9.83. The molecule has 1 N–H and O–H groups in total. The minimum absolute atomic E-state index is 0.149. The Morgan fingerprint density at radius 1 is 1.39 bits per heavy atom. The number of halogens is 1. The molecule has 0 spiro atoms. The zero-order chi connectivity index (χ0) is 13.0. The molecule has 98 valence electrons. The molecular weight excluding hydrogens is 250 g/mol. The predicted octanol–water partition coefficient (Wildman–Crippen LogP) is 2.83. The molecule has 5 heteroatoms. The predicted molar refractivity (Wildman–Crippen MR) is 70.5 cm³/mol. The molecule has 0 aromatic carbocycles. The zero-order valence-corrected chi connectivity index (χ0v) is 11.3. The molecule has 1 aliphatic carbocycles. The van der Waals surface area contributed by atoms with Gasteiger partial charge < -0.3 is 5.32 Å². The van der Waals surface area contributed by atoms with Crippen LogP contribution in [0, 0.1) is 5.92 Å². The third-order valence-corrected chi connectivity index (χ3v) is 3.80. The number of carbonyl (C=O) groups is 1. The first-order chi connectivity index (χ1) is 8.70. The van der Waals surface area contributed by atoms with Crippen LogP contribution < -0.4 is 5.32 Å². The topological polar surface area (TPSA) is 54.9 Å². The van der Waals surface area contributed by atoms with Gasteiger partial charge in [0.1, 0.15) is 10.8 Å².